The third-order valence-corrected chi connectivity index (χ3v) is 4.07. The molecule has 0 radical (unpaired) electrons. The molecule has 1 aromatic carbocycles. The van der Waals surface area contributed by atoms with Gasteiger partial charge in [0.1, 0.15) is 10.7 Å². The fourth-order valence-electron chi connectivity index (χ4n) is 1.77. The van der Waals surface area contributed by atoms with Gasteiger partial charge in [0.25, 0.3) is 5.91 Å². The molecule has 0 saturated heterocycles. The number of carbonyl (C=O) groups is 1. The van der Waals surface area contributed by atoms with Crippen LogP contribution in [0.15, 0.2) is 29.6 Å². The molecule has 2 rings (SSSR count). The summed E-state index contributed by atoms with van der Waals surface area (Å²) in [6, 6.07) is 8.10. The van der Waals surface area contributed by atoms with Gasteiger partial charge in [0, 0.05) is 11.9 Å². The van der Waals surface area contributed by atoms with Crippen molar-refractivity contribution < 1.29 is 4.79 Å². The Morgan fingerprint density at radius 1 is 1.35 bits per heavy atom. The quantitative estimate of drug-likeness (QED) is 0.889. The van der Waals surface area contributed by atoms with Gasteiger partial charge in [0.15, 0.2) is 0 Å². The zero-order valence-electron chi connectivity index (χ0n) is 11.7. The first-order valence-electron chi connectivity index (χ1n) is 6.67. The van der Waals surface area contributed by atoms with Crippen LogP contribution in [0.5, 0.6) is 0 Å². The Labute approximate surface area is 123 Å². The van der Waals surface area contributed by atoms with Gasteiger partial charge >= 0.3 is 0 Å². The third-order valence-electron chi connectivity index (χ3n) is 3.03. The molecule has 4 nitrogen and oxygen atoms in total. The van der Waals surface area contributed by atoms with Gasteiger partial charge in [0.2, 0.25) is 0 Å². The molecule has 2 aromatic rings. The lowest BCUT2D eigenvalue weighted by atomic mass is 10.1. The summed E-state index contributed by atoms with van der Waals surface area (Å²) in [7, 11) is 0. The second-order valence-electron chi connectivity index (χ2n) is 4.71. The highest BCUT2D eigenvalue weighted by molar-refractivity contribution is 7.09. The van der Waals surface area contributed by atoms with E-state index < -0.39 is 0 Å². The summed E-state index contributed by atoms with van der Waals surface area (Å²) in [6.07, 6.45) is 1.02. The molecule has 0 fully saturated rings. The minimum Gasteiger partial charge on any atom is -0.347 e. The average Bonchev–Trinajstić information content (AvgIpc) is 2.95. The summed E-state index contributed by atoms with van der Waals surface area (Å²) < 4.78 is 0. The van der Waals surface area contributed by atoms with Crippen LogP contribution in [0, 0.1) is 0 Å². The van der Waals surface area contributed by atoms with Crippen molar-refractivity contribution in [3.8, 4) is 0 Å². The molecule has 0 bridgehead atoms. The van der Waals surface area contributed by atoms with Crippen LogP contribution >= 0.6 is 11.3 Å². The minimum atomic E-state index is -0.160. The van der Waals surface area contributed by atoms with E-state index in [4.69, 9.17) is 5.73 Å². The fraction of sp³-hybridized carbons (Fsp3) is 0.333. The van der Waals surface area contributed by atoms with E-state index in [1.54, 1.807) is 5.38 Å². The van der Waals surface area contributed by atoms with E-state index in [-0.39, 0.29) is 11.9 Å². The summed E-state index contributed by atoms with van der Waals surface area (Å²) in [5, 5.41) is 5.39. The largest absolute Gasteiger partial charge is 0.347 e. The molecule has 106 valence electrons. The zero-order chi connectivity index (χ0) is 14.5. The predicted octanol–water partition coefficient (Wildman–Crippen LogP) is 2.66. The molecule has 1 unspecified atom stereocenters. The van der Waals surface area contributed by atoms with Crippen molar-refractivity contribution in [3.05, 3.63) is 51.5 Å². The molecule has 1 aromatic heterocycles. The molecule has 20 heavy (non-hydrogen) atoms. The summed E-state index contributed by atoms with van der Waals surface area (Å²) in [4.78, 5) is 16.2. The Morgan fingerprint density at radius 2 is 2.00 bits per heavy atom. The van der Waals surface area contributed by atoms with Gasteiger partial charge in [-0.05, 0) is 24.5 Å². The van der Waals surface area contributed by atoms with Crippen LogP contribution in [0.2, 0.25) is 0 Å². The molecule has 1 atom stereocenters. The molecule has 0 saturated carbocycles. The lowest BCUT2D eigenvalue weighted by Gasteiger charge is -2.04. The van der Waals surface area contributed by atoms with Crippen molar-refractivity contribution in [2.75, 3.05) is 0 Å². The molecule has 3 N–H and O–H groups in total. The maximum absolute atomic E-state index is 12.0. The number of hydrogen-bond acceptors (Lipinski definition) is 4. The van der Waals surface area contributed by atoms with Crippen molar-refractivity contribution >= 4 is 17.2 Å². The number of nitrogens with one attached hydrogen (secondary N) is 1. The van der Waals surface area contributed by atoms with Crippen molar-refractivity contribution in [2.24, 2.45) is 5.73 Å². The smallest absolute Gasteiger partial charge is 0.271 e. The highest BCUT2D eigenvalue weighted by Gasteiger charge is 2.12. The van der Waals surface area contributed by atoms with Gasteiger partial charge in [-0.1, -0.05) is 31.2 Å². The lowest BCUT2D eigenvalue weighted by molar-refractivity contribution is 0.0946. The Morgan fingerprint density at radius 3 is 2.55 bits per heavy atom. The third kappa shape index (κ3) is 3.65. The summed E-state index contributed by atoms with van der Waals surface area (Å²) in [6.45, 7) is 4.48. The van der Waals surface area contributed by atoms with E-state index in [2.05, 4.69) is 29.4 Å². The highest BCUT2D eigenvalue weighted by Crippen LogP contribution is 2.15. The molecule has 5 heteroatoms. The molecular formula is C15H19N3OS. The van der Waals surface area contributed by atoms with Gasteiger partial charge < -0.3 is 11.1 Å². The van der Waals surface area contributed by atoms with Gasteiger partial charge in [-0.15, -0.1) is 11.3 Å². The number of aryl methyl sites for hydroxylation is 1. The summed E-state index contributed by atoms with van der Waals surface area (Å²) >= 11 is 1.42. The number of nitrogens with zero attached hydrogens (tertiary/aromatic N) is 1. The van der Waals surface area contributed by atoms with Crippen LogP contribution in [0.25, 0.3) is 0 Å². The van der Waals surface area contributed by atoms with Crippen molar-refractivity contribution in [1.29, 1.82) is 0 Å². The number of nitrogens with two attached hydrogens (primary N) is 1. The zero-order valence-corrected chi connectivity index (χ0v) is 12.5. The van der Waals surface area contributed by atoms with Gasteiger partial charge in [0.05, 0.1) is 6.04 Å². The fourth-order valence-corrected chi connectivity index (χ4v) is 2.52. The molecule has 1 amide bonds. The molecule has 1 heterocycles. The number of amides is 1. The normalized spacial score (nSPS) is 12.2. The Bertz CT molecular complexity index is 575. The molecule has 0 aliphatic carbocycles. The van der Waals surface area contributed by atoms with Gasteiger partial charge in [-0.3, -0.25) is 4.79 Å². The Balaban J connectivity index is 1.93. The number of carbonyl (C=O) groups excluding carboxylic acids is 1. The van der Waals surface area contributed by atoms with Crippen molar-refractivity contribution in [1.82, 2.24) is 10.3 Å². The average molecular weight is 289 g/mol. The Kier molecular flexibility index (Phi) is 4.87. The first-order valence-corrected chi connectivity index (χ1v) is 7.55. The topological polar surface area (TPSA) is 68.0 Å². The lowest BCUT2D eigenvalue weighted by Crippen LogP contribution is -2.23. The van der Waals surface area contributed by atoms with Crippen LogP contribution in [-0.4, -0.2) is 10.9 Å². The second-order valence-corrected chi connectivity index (χ2v) is 5.60. The first kappa shape index (κ1) is 14.7. The predicted molar refractivity (Wildman–Crippen MR) is 81.7 cm³/mol. The molecular weight excluding hydrogens is 270 g/mol. The maximum Gasteiger partial charge on any atom is 0.271 e. The maximum atomic E-state index is 12.0. The van der Waals surface area contributed by atoms with Gasteiger partial charge in [-0.25, -0.2) is 4.98 Å². The van der Waals surface area contributed by atoms with E-state index >= 15 is 0 Å². The minimum absolute atomic E-state index is 0.136. The highest BCUT2D eigenvalue weighted by atomic mass is 32.1. The van der Waals surface area contributed by atoms with Crippen LogP contribution < -0.4 is 11.1 Å². The van der Waals surface area contributed by atoms with Crippen molar-refractivity contribution in [3.63, 3.8) is 0 Å². The second kappa shape index (κ2) is 6.63. The molecule has 0 spiro atoms. The number of hydrogen-bond donors (Lipinski definition) is 2. The van der Waals surface area contributed by atoms with Crippen LogP contribution in [0.3, 0.4) is 0 Å². The number of thiazole rings is 1. The van der Waals surface area contributed by atoms with E-state index in [0.717, 1.165) is 17.0 Å². The van der Waals surface area contributed by atoms with E-state index in [1.807, 2.05) is 19.1 Å². The molecule has 0 aliphatic rings. The van der Waals surface area contributed by atoms with Crippen molar-refractivity contribution in [2.45, 2.75) is 32.9 Å². The van der Waals surface area contributed by atoms with E-state index in [0.29, 0.717) is 12.2 Å². The first-order chi connectivity index (χ1) is 9.60. The monoisotopic (exact) mass is 289 g/mol. The number of benzene rings is 1. The molecule has 0 aliphatic heterocycles. The van der Waals surface area contributed by atoms with Crippen LogP contribution in [0.1, 0.15) is 46.5 Å². The Hall–Kier alpha value is -1.72. The van der Waals surface area contributed by atoms with E-state index in [9.17, 15) is 4.79 Å². The number of rotatable bonds is 5. The SMILES string of the molecule is CCc1ccc(CNC(=O)c2csc(C(C)N)n2)cc1. The standard InChI is InChI=1S/C15H19N3OS/c1-3-11-4-6-12(7-5-11)8-17-14(19)13-9-20-15(18-13)10(2)16/h4-7,9-10H,3,8,16H2,1-2H3,(H,17,19). The van der Waals surface area contributed by atoms with Gasteiger partial charge in [-0.2, -0.15) is 0 Å². The van der Waals surface area contributed by atoms with Crippen LogP contribution in [-0.2, 0) is 13.0 Å². The summed E-state index contributed by atoms with van der Waals surface area (Å²) in [5.41, 5.74) is 8.55. The van der Waals surface area contributed by atoms with E-state index in [1.165, 1.54) is 16.9 Å². The summed E-state index contributed by atoms with van der Waals surface area (Å²) in [5.74, 6) is -0.160. The van der Waals surface area contributed by atoms with Crippen LogP contribution in [0.4, 0.5) is 0 Å². The number of aromatic nitrogens is 1.